The number of nitrogens with zero attached hydrogens (tertiary/aromatic N) is 4. The Balaban J connectivity index is 1.82. The van der Waals surface area contributed by atoms with Crippen LogP contribution in [0.1, 0.15) is 29.8 Å². The van der Waals surface area contributed by atoms with Crippen molar-refractivity contribution in [3.8, 4) is 5.75 Å². The van der Waals surface area contributed by atoms with E-state index in [1.165, 1.54) is 11.3 Å². The Labute approximate surface area is 169 Å². The lowest BCUT2D eigenvalue weighted by Crippen LogP contribution is -2.59. The molecule has 0 fully saturated rings. The zero-order valence-corrected chi connectivity index (χ0v) is 16.9. The standard InChI is InChI=1S/C20H19N5O3S/c1-10-11(9-24(3)23-10)8-14-18(27)25-16-12-6-4-5-7-13(12)28-20(2,15(16)17(21)26)22-19(25)29-14/h4-9,15-16H,1-3H3,(H2,21,26). The van der Waals surface area contributed by atoms with Gasteiger partial charge in [-0.05, 0) is 26.0 Å². The van der Waals surface area contributed by atoms with Crippen LogP contribution in [0, 0.1) is 12.8 Å². The van der Waals surface area contributed by atoms with Gasteiger partial charge in [0.25, 0.3) is 5.56 Å². The van der Waals surface area contributed by atoms with E-state index in [4.69, 9.17) is 10.5 Å². The zero-order chi connectivity index (χ0) is 20.5. The molecule has 2 N–H and O–H groups in total. The number of hydrogen-bond acceptors (Lipinski definition) is 6. The molecule has 1 amide bonds. The molecule has 0 saturated carbocycles. The molecule has 2 aliphatic heterocycles. The van der Waals surface area contributed by atoms with Crippen molar-refractivity contribution >= 4 is 23.3 Å². The van der Waals surface area contributed by atoms with Crippen LogP contribution in [0.25, 0.3) is 6.08 Å². The molecule has 8 nitrogen and oxygen atoms in total. The second-order valence-electron chi connectivity index (χ2n) is 7.54. The summed E-state index contributed by atoms with van der Waals surface area (Å²) in [4.78, 5) is 31.0. The summed E-state index contributed by atoms with van der Waals surface area (Å²) in [5, 5.41) is 4.32. The number of primary amides is 1. The molecule has 2 aromatic heterocycles. The van der Waals surface area contributed by atoms with Gasteiger partial charge in [0.15, 0.2) is 4.80 Å². The number of amides is 1. The predicted octanol–water partition coefficient (Wildman–Crippen LogP) is 0.213. The summed E-state index contributed by atoms with van der Waals surface area (Å²) in [5.74, 6) is -0.725. The Bertz CT molecular complexity index is 1350. The molecule has 2 aliphatic rings. The van der Waals surface area contributed by atoms with Gasteiger partial charge in [-0.15, -0.1) is 0 Å². The highest BCUT2D eigenvalue weighted by atomic mass is 32.1. The number of carbonyl (C=O) groups excluding carboxylic acids is 1. The molecule has 0 aliphatic carbocycles. The Morgan fingerprint density at radius 1 is 1.38 bits per heavy atom. The van der Waals surface area contributed by atoms with Gasteiger partial charge in [-0.2, -0.15) is 5.10 Å². The van der Waals surface area contributed by atoms with Gasteiger partial charge in [0, 0.05) is 24.4 Å². The van der Waals surface area contributed by atoms with Gasteiger partial charge in [-0.1, -0.05) is 29.5 Å². The first-order chi connectivity index (χ1) is 13.8. The van der Waals surface area contributed by atoms with E-state index in [1.54, 1.807) is 16.2 Å². The van der Waals surface area contributed by atoms with Crippen LogP contribution in [-0.4, -0.2) is 26.0 Å². The lowest BCUT2D eigenvalue weighted by molar-refractivity contribution is -0.133. The van der Waals surface area contributed by atoms with Crippen molar-refractivity contribution < 1.29 is 9.53 Å². The van der Waals surface area contributed by atoms with E-state index in [2.05, 4.69) is 10.1 Å². The van der Waals surface area contributed by atoms with E-state index in [9.17, 15) is 9.59 Å². The number of hydrogen-bond donors (Lipinski definition) is 1. The van der Waals surface area contributed by atoms with Crippen molar-refractivity contribution in [2.24, 2.45) is 23.7 Å². The summed E-state index contributed by atoms with van der Waals surface area (Å²) in [6.45, 7) is 3.64. The van der Waals surface area contributed by atoms with Crippen LogP contribution in [-0.2, 0) is 11.8 Å². The number of benzene rings is 1. The molecule has 148 valence electrons. The molecular formula is C20H19N5O3S. The maximum atomic E-state index is 13.4. The molecular weight excluding hydrogens is 390 g/mol. The van der Waals surface area contributed by atoms with Crippen LogP contribution in [0.5, 0.6) is 5.75 Å². The fourth-order valence-corrected chi connectivity index (χ4v) is 5.37. The number of thiazole rings is 1. The minimum Gasteiger partial charge on any atom is -0.465 e. The second-order valence-corrected chi connectivity index (χ2v) is 8.55. The second kappa shape index (κ2) is 5.90. The van der Waals surface area contributed by atoms with Gasteiger partial charge in [-0.25, -0.2) is 4.99 Å². The zero-order valence-electron chi connectivity index (χ0n) is 16.1. The SMILES string of the molecule is Cc1nn(C)cc1C=c1sc2n(c1=O)C1c3ccccc3OC(C)(N=2)C1C(N)=O. The number of carbonyl (C=O) groups is 1. The third-order valence-electron chi connectivity index (χ3n) is 5.52. The Morgan fingerprint density at radius 3 is 2.83 bits per heavy atom. The molecule has 29 heavy (non-hydrogen) atoms. The fraction of sp³-hybridized carbons (Fsp3) is 0.300. The largest absolute Gasteiger partial charge is 0.465 e. The van der Waals surface area contributed by atoms with E-state index in [0.29, 0.717) is 15.1 Å². The molecule has 3 aromatic rings. The van der Waals surface area contributed by atoms with Crippen molar-refractivity contribution in [3.63, 3.8) is 0 Å². The van der Waals surface area contributed by atoms with Crippen LogP contribution < -0.4 is 25.4 Å². The van der Waals surface area contributed by atoms with E-state index in [1.807, 2.05) is 50.5 Å². The Kier molecular flexibility index (Phi) is 3.63. The summed E-state index contributed by atoms with van der Waals surface area (Å²) in [6.07, 6.45) is 3.67. The van der Waals surface area contributed by atoms with Gasteiger partial charge in [0.2, 0.25) is 11.6 Å². The molecule has 5 rings (SSSR count). The molecule has 0 saturated heterocycles. The lowest BCUT2D eigenvalue weighted by atomic mass is 9.81. The summed E-state index contributed by atoms with van der Waals surface area (Å²) >= 11 is 1.28. The quantitative estimate of drug-likeness (QED) is 0.653. The van der Waals surface area contributed by atoms with Crippen molar-refractivity contribution in [2.45, 2.75) is 25.6 Å². The number of para-hydroxylation sites is 1. The summed E-state index contributed by atoms with van der Waals surface area (Å²) in [7, 11) is 1.83. The van der Waals surface area contributed by atoms with Gasteiger partial charge < -0.3 is 10.5 Å². The number of fused-ring (bicyclic) bond motifs is 6. The third-order valence-corrected chi connectivity index (χ3v) is 6.51. The molecule has 3 unspecified atom stereocenters. The number of rotatable bonds is 2. The van der Waals surface area contributed by atoms with Crippen LogP contribution in [0.15, 0.2) is 40.2 Å². The van der Waals surface area contributed by atoms with Gasteiger partial charge in [0.05, 0.1) is 16.3 Å². The van der Waals surface area contributed by atoms with Crippen LogP contribution in [0.3, 0.4) is 0 Å². The normalized spacial score (nSPS) is 25.0. The third kappa shape index (κ3) is 2.50. The first kappa shape index (κ1) is 17.9. The highest BCUT2D eigenvalue weighted by Gasteiger charge is 2.54. The van der Waals surface area contributed by atoms with Crippen molar-refractivity contribution in [3.05, 3.63) is 67.0 Å². The van der Waals surface area contributed by atoms with Gasteiger partial charge in [0.1, 0.15) is 11.7 Å². The summed E-state index contributed by atoms with van der Waals surface area (Å²) in [6, 6.07) is 6.84. The average Bonchev–Trinajstić information content (AvgIpc) is 3.11. The fourth-order valence-electron chi connectivity index (χ4n) is 4.28. The highest BCUT2D eigenvalue weighted by molar-refractivity contribution is 7.07. The molecule has 0 spiro atoms. The first-order valence-corrected chi connectivity index (χ1v) is 10.0. The number of nitrogens with two attached hydrogens (primary N) is 1. The Hall–Kier alpha value is -3.20. The van der Waals surface area contributed by atoms with Crippen LogP contribution >= 0.6 is 11.3 Å². The van der Waals surface area contributed by atoms with Crippen molar-refractivity contribution in [1.29, 1.82) is 0 Å². The first-order valence-electron chi connectivity index (χ1n) is 9.19. The van der Waals surface area contributed by atoms with Gasteiger partial charge >= 0.3 is 0 Å². The minimum atomic E-state index is -1.16. The van der Waals surface area contributed by atoms with E-state index in [0.717, 1.165) is 16.8 Å². The van der Waals surface area contributed by atoms with Gasteiger partial charge in [-0.3, -0.25) is 18.8 Å². The highest BCUT2D eigenvalue weighted by Crippen LogP contribution is 2.46. The van der Waals surface area contributed by atoms with Crippen LogP contribution in [0.2, 0.25) is 0 Å². The minimum absolute atomic E-state index is 0.202. The van der Waals surface area contributed by atoms with Crippen molar-refractivity contribution in [1.82, 2.24) is 14.3 Å². The van der Waals surface area contributed by atoms with E-state index in [-0.39, 0.29) is 5.56 Å². The number of aryl methyl sites for hydroxylation is 2. The van der Waals surface area contributed by atoms with Crippen molar-refractivity contribution in [2.75, 3.05) is 0 Å². The maximum Gasteiger partial charge on any atom is 0.270 e. The average molecular weight is 409 g/mol. The van der Waals surface area contributed by atoms with E-state index >= 15 is 0 Å². The summed E-state index contributed by atoms with van der Waals surface area (Å²) < 4.78 is 9.93. The topological polar surface area (TPSA) is 104 Å². The smallest absolute Gasteiger partial charge is 0.270 e. The number of ether oxygens (including phenoxy) is 1. The number of aromatic nitrogens is 3. The molecule has 1 aromatic carbocycles. The lowest BCUT2D eigenvalue weighted by Gasteiger charge is -2.44. The molecule has 3 atom stereocenters. The molecule has 0 radical (unpaired) electrons. The monoisotopic (exact) mass is 409 g/mol. The Morgan fingerprint density at radius 2 is 2.14 bits per heavy atom. The van der Waals surface area contributed by atoms with Crippen LogP contribution in [0.4, 0.5) is 0 Å². The maximum absolute atomic E-state index is 13.4. The van der Waals surface area contributed by atoms with E-state index < -0.39 is 23.6 Å². The molecule has 9 heteroatoms. The summed E-state index contributed by atoms with van der Waals surface area (Å²) in [5.41, 5.74) is 6.83. The molecule has 4 heterocycles. The predicted molar refractivity (Wildman–Crippen MR) is 107 cm³/mol. The molecule has 2 bridgehead atoms.